The molecule has 0 aliphatic carbocycles. The highest BCUT2D eigenvalue weighted by Crippen LogP contribution is 2.20. The van der Waals surface area contributed by atoms with Crippen molar-refractivity contribution in [1.29, 1.82) is 0 Å². The van der Waals surface area contributed by atoms with Crippen molar-refractivity contribution in [3.63, 3.8) is 0 Å². The van der Waals surface area contributed by atoms with Crippen molar-refractivity contribution in [2.75, 3.05) is 11.4 Å². The second-order valence-electron chi connectivity index (χ2n) is 5.20. The summed E-state index contributed by atoms with van der Waals surface area (Å²) in [5.41, 5.74) is 9.22. The predicted molar refractivity (Wildman–Crippen MR) is 87.2 cm³/mol. The zero-order chi connectivity index (χ0) is 15.2. The molecular weight excluding hydrogens is 260 g/mol. The molecule has 3 nitrogen and oxygen atoms in total. The molecule has 0 radical (unpaired) electrons. The van der Waals surface area contributed by atoms with E-state index >= 15 is 0 Å². The van der Waals surface area contributed by atoms with E-state index < -0.39 is 0 Å². The van der Waals surface area contributed by atoms with Crippen LogP contribution in [0.15, 0.2) is 54.6 Å². The molecule has 1 atom stereocenters. The average molecular weight is 282 g/mol. The van der Waals surface area contributed by atoms with Gasteiger partial charge in [0.25, 0.3) is 0 Å². The molecule has 2 aromatic rings. The average Bonchev–Trinajstić information content (AvgIpc) is 2.49. The molecule has 1 amide bonds. The first-order valence-corrected chi connectivity index (χ1v) is 7.29. The molecule has 2 N–H and O–H groups in total. The number of rotatable bonds is 5. The van der Waals surface area contributed by atoms with Gasteiger partial charge in [-0.2, -0.15) is 0 Å². The van der Waals surface area contributed by atoms with E-state index in [1.807, 2.05) is 68.4 Å². The van der Waals surface area contributed by atoms with Crippen molar-refractivity contribution in [1.82, 2.24) is 0 Å². The molecule has 0 heterocycles. The lowest BCUT2D eigenvalue weighted by molar-refractivity contribution is -0.118. The van der Waals surface area contributed by atoms with Crippen LogP contribution in [0, 0.1) is 6.92 Å². The minimum absolute atomic E-state index is 0.0550. The zero-order valence-electron chi connectivity index (χ0n) is 12.6. The zero-order valence-corrected chi connectivity index (χ0v) is 12.6. The Balaban J connectivity index is 2.10. The second kappa shape index (κ2) is 7.04. The quantitative estimate of drug-likeness (QED) is 0.913. The molecule has 2 aromatic carbocycles. The van der Waals surface area contributed by atoms with E-state index in [1.54, 1.807) is 4.90 Å². The van der Waals surface area contributed by atoms with Gasteiger partial charge in [0, 0.05) is 24.7 Å². The SMILES string of the molecule is CCN(C(=O)CC(N)c1ccccc1)c1cccc(C)c1. The van der Waals surface area contributed by atoms with E-state index in [0.29, 0.717) is 13.0 Å². The highest BCUT2D eigenvalue weighted by atomic mass is 16.2. The summed E-state index contributed by atoms with van der Waals surface area (Å²) in [6.07, 6.45) is 0.311. The maximum Gasteiger partial charge on any atom is 0.228 e. The first-order valence-electron chi connectivity index (χ1n) is 7.29. The number of hydrogen-bond acceptors (Lipinski definition) is 2. The summed E-state index contributed by atoms with van der Waals surface area (Å²) < 4.78 is 0. The van der Waals surface area contributed by atoms with Crippen molar-refractivity contribution in [3.8, 4) is 0 Å². The molecule has 21 heavy (non-hydrogen) atoms. The largest absolute Gasteiger partial charge is 0.324 e. The Hall–Kier alpha value is -2.13. The predicted octanol–water partition coefficient (Wildman–Crippen LogP) is 3.44. The van der Waals surface area contributed by atoms with Gasteiger partial charge in [-0.3, -0.25) is 4.79 Å². The molecule has 0 aliphatic heterocycles. The first kappa shape index (κ1) is 15.3. The maximum atomic E-state index is 12.5. The van der Waals surface area contributed by atoms with Crippen LogP contribution in [0.3, 0.4) is 0 Å². The van der Waals surface area contributed by atoms with Gasteiger partial charge in [-0.1, -0.05) is 42.5 Å². The van der Waals surface area contributed by atoms with Crippen molar-refractivity contribution >= 4 is 11.6 Å². The maximum absolute atomic E-state index is 12.5. The van der Waals surface area contributed by atoms with E-state index in [1.165, 1.54) is 0 Å². The molecule has 0 aromatic heterocycles. The molecule has 3 heteroatoms. The minimum atomic E-state index is -0.266. The summed E-state index contributed by atoms with van der Waals surface area (Å²) in [4.78, 5) is 14.3. The topological polar surface area (TPSA) is 46.3 Å². The van der Waals surface area contributed by atoms with Crippen molar-refractivity contribution in [3.05, 3.63) is 65.7 Å². The van der Waals surface area contributed by atoms with Gasteiger partial charge < -0.3 is 10.6 Å². The van der Waals surface area contributed by atoms with Crippen LogP contribution >= 0.6 is 0 Å². The summed E-state index contributed by atoms with van der Waals surface area (Å²) in [5, 5.41) is 0. The van der Waals surface area contributed by atoms with Crippen molar-refractivity contribution in [2.24, 2.45) is 5.73 Å². The van der Waals surface area contributed by atoms with Gasteiger partial charge in [0.05, 0.1) is 0 Å². The van der Waals surface area contributed by atoms with E-state index in [0.717, 1.165) is 16.8 Å². The Morgan fingerprint density at radius 1 is 1.14 bits per heavy atom. The normalized spacial score (nSPS) is 12.0. The number of hydrogen-bond donors (Lipinski definition) is 1. The van der Waals surface area contributed by atoms with Gasteiger partial charge >= 0.3 is 0 Å². The summed E-state index contributed by atoms with van der Waals surface area (Å²) in [6.45, 7) is 4.65. The fourth-order valence-electron chi connectivity index (χ4n) is 2.42. The smallest absolute Gasteiger partial charge is 0.228 e. The summed E-state index contributed by atoms with van der Waals surface area (Å²) >= 11 is 0. The van der Waals surface area contributed by atoms with Gasteiger partial charge in [-0.05, 0) is 37.1 Å². The highest BCUT2D eigenvalue weighted by molar-refractivity contribution is 5.93. The fraction of sp³-hybridized carbons (Fsp3) is 0.278. The number of benzene rings is 2. The lowest BCUT2D eigenvalue weighted by atomic mass is 10.0. The van der Waals surface area contributed by atoms with E-state index in [9.17, 15) is 4.79 Å². The van der Waals surface area contributed by atoms with Gasteiger partial charge in [-0.25, -0.2) is 0 Å². The number of carbonyl (C=O) groups excluding carboxylic acids is 1. The number of carbonyl (C=O) groups is 1. The van der Waals surface area contributed by atoms with Crippen LogP contribution in [0.25, 0.3) is 0 Å². The number of aryl methyl sites for hydroxylation is 1. The van der Waals surface area contributed by atoms with E-state index in [2.05, 4.69) is 0 Å². The third kappa shape index (κ3) is 3.92. The summed E-state index contributed by atoms with van der Waals surface area (Å²) in [6, 6.07) is 17.5. The van der Waals surface area contributed by atoms with Crippen molar-refractivity contribution < 1.29 is 4.79 Å². The van der Waals surface area contributed by atoms with Crippen LogP contribution in [0.1, 0.15) is 30.5 Å². The molecule has 2 rings (SSSR count). The Morgan fingerprint density at radius 3 is 2.48 bits per heavy atom. The Bertz CT molecular complexity index is 595. The number of nitrogens with zero attached hydrogens (tertiary/aromatic N) is 1. The number of amides is 1. The summed E-state index contributed by atoms with van der Waals surface area (Å²) in [5.74, 6) is 0.0550. The standard InChI is InChI=1S/C18H22N2O/c1-3-20(16-11-7-8-14(2)12-16)18(21)13-17(19)15-9-5-4-6-10-15/h4-12,17H,3,13,19H2,1-2H3. The Morgan fingerprint density at radius 2 is 1.86 bits per heavy atom. The van der Waals surface area contributed by atoms with Crippen LogP contribution in [0.4, 0.5) is 5.69 Å². The monoisotopic (exact) mass is 282 g/mol. The molecule has 1 unspecified atom stereocenters. The lowest BCUT2D eigenvalue weighted by Gasteiger charge is -2.23. The van der Waals surface area contributed by atoms with Crippen LogP contribution in [-0.4, -0.2) is 12.5 Å². The first-order chi connectivity index (χ1) is 10.1. The highest BCUT2D eigenvalue weighted by Gasteiger charge is 2.18. The number of anilines is 1. The minimum Gasteiger partial charge on any atom is -0.324 e. The van der Waals surface area contributed by atoms with Crippen LogP contribution in [-0.2, 0) is 4.79 Å². The molecule has 0 saturated carbocycles. The van der Waals surface area contributed by atoms with Crippen LogP contribution in [0.5, 0.6) is 0 Å². The molecule has 0 saturated heterocycles. The fourth-order valence-corrected chi connectivity index (χ4v) is 2.42. The molecule has 0 aliphatic rings. The third-order valence-corrected chi connectivity index (χ3v) is 3.55. The molecule has 0 fully saturated rings. The molecule has 0 bridgehead atoms. The second-order valence-corrected chi connectivity index (χ2v) is 5.20. The molecule has 0 spiro atoms. The van der Waals surface area contributed by atoms with Gasteiger partial charge in [-0.15, -0.1) is 0 Å². The van der Waals surface area contributed by atoms with Crippen molar-refractivity contribution in [2.45, 2.75) is 26.3 Å². The summed E-state index contributed by atoms with van der Waals surface area (Å²) in [7, 11) is 0. The van der Waals surface area contributed by atoms with Crippen LogP contribution < -0.4 is 10.6 Å². The third-order valence-electron chi connectivity index (χ3n) is 3.55. The molecule has 110 valence electrons. The number of nitrogens with two attached hydrogens (primary N) is 1. The van der Waals surface area contributed by atoms with Gasteiger partial charge in [0.1, 0.15) is 0 Å². The lowest BCUT2D eigenvalue weighted by Crippen LogP contribution is -2.33. The Kier molecular flexibility index (Phi) is 5.12. The van der Waals surface area contributed by atoms with Gasteiger partial charge in [0.15, 0.2) is 0 Å². The molecular formula is C18H22N2O. The van der Waals surface area contributed by atoms with E-state index in [4.69, 9.17) is 5.73 Å². The van der Waals surface area contributed by atoms with Crippen LogP contribution in [0.2, 0.25) is 0 Å². The van der Waals surface area contributed by atoms with E-state index in [-0.39, 0.29) is 11.9 Å². The Labute approximate surface area is 126 Å². The van der Waals surface area contributed by atoms with Gasteiger partial charge in [0.2, 0.25) is 5.91 Å².